The summed E-state index contributed by atoms with van der Waals surface area (Å²) in [5.74, 6) is -4.46. The highest BCUT2D eigenvalue weighted by atomic mass is 32.2. The molecule has 40 heavy (non-hydrogen) atoms. The fraction of sp³-hybridized carbons (Fsp3) is 0.704. The Morgan fingerprint density at radius 2 is 1.38 bits per heavy atom. The van der Waals surface area contributed by atoms with Gasteiger partial charge in [0.05, 0.1) is 17.2 Å². The third-order valence-electron chi connectivity index (χ3n) is 6.34. The minimum atomic E-state index is -5.49. The second-order valence-electron chi connectivity index (χ2n) is 9.95. The Balaban J connectivity index is 2.13. The number of nitriles is 1. The molecular formula is C27H36F8N2O2S. The number of alkyl halides is 8. The van der Waals surface area contributed by atoms with E-state index in [9.17, 15) is 45.0 Å². The summed E-state index contributed by atoms with van der Waals surface area (Å²) in [7, 11) is 0. The molecule has 0 aliphatic carbocycles. The van der Waals surface area contributed by atoms with Crippen LogP contribution in [0.25, 0.3) is 0 Å². The molecule has 0 saturated carbocycles. The highest BCUT2D eigenvalue weighted by Gasteiger charge is 2.56. The number of hydrogen-bond acceptors (Lipinski definition) is 4. The number of nitrogens with one attached hydrogen (secondary N) is 1. The first-order chi connectivity index (χ1) is 18.5. The van der Waals surface area contributed by atoms with E-state index in [1.807, 2.05) is 0 Å². The fourth-order valence-electron chi connectivity index (χ4n) is 3.88. The largest absolute Gasteiger partial charge is 0.453 e. The van der Waals surface area contributed by atoms with Crippen molar-refractivity contribution < 1.29 is 45.0 Å². The van der Waals surface area contributed by atoms with Gasteiger partial charge in [-0.05, 0) is 55.9 Å². The van der Waals surface area contributed by atoms with Gasteiger partial charge in [-0.2, -0.15) is 52.1 Å². The van der Waals surface area contributed by atoms with Gasteiger partial charge in [0.2, 0.25) is 0 Å². The number of thioether (sulfide) groups is 1. The first kappa shape index (κ1) is 36.0. The van der Waals surface area contributed by atoms with Crippen molar-refractivity contribution in [1.82, 2.24) is 0 Å². The van der Waals surface area contributed by atoms with Crippen LogP contribution in [0.15, 0.2) is 18.2 Å². The molecule has 1 rings (SSSR count). The summed E-state index contributed by atoms with van der Waals surface area (Å²) in [5.41, 5.74) is -3.67. The summed E-state index contributed by atoms with van der Waals surface area (Å²) in [6, 6.07) is 4.26. The van der Waals surface area contributed by atoms with Gasteiger partial charge in [-0.25, -0.2) is 0 Å². The van der Waals surface area contributed by atoms with Crippen LogP contribution < -0.4 is 5.32 Å². The van der Waals surface area contributed by atoms with Crippen molar-refractivity contribution in [2.24, 2.45) is 0 Å². The molecule has 0 aliphatic rings. The highest BCUT2D eigenvalue weighted by molar-refractivity contribution is 7.99. The number of amides is 1. The Bertz CT molecular complexity index is 959. The summed E-state index contributed by atoms with van der Waals surface area (Å²) in [6.45, 7) is 1.30. The Kier molecular flexibility index (Phi) is 14.7. The van der Waals surface area contributed by atoms with E-state index in [2.05, 4.69) is 5.32 Å². The smallest absolute Gasteiger partial charge is 0.380 e. The van der Waals surface area contributed by atoms with Crippen molar-refractivity contribution in [3.8, 4) is 6.07 Å². The molecule has 0 fully saturated rings. The molecule has 0 radical (unpaired) electrons. The molecule has 0 bridgehead atoms. The maximum atomic E-state index is 13.1. The van der Waals surface area contributed by atoms with Crippen LogP contribution in [-0.4, -0.2) is 40.2 Å². The van der Waals surface area contributed by atoms with Crippen LogP contribution in [0.1, 0.15) is 95.1 Å². The topological polar surface area (TPSA) is 73.1 Å². The molecule has 228 valence electrons. The van der Waals surface area contributed by atoms with E-state index in [1.165, 1.54) is 30.8 Å². The van der Waals surface area contributed by atoms with Crippen LogP contribution in [0.4, 0.5) is 40.8 Å². The van der Waals surface area contributed by atoms with E-state index >= 15 is 0 Å². The average Bonchev–Trinajstić information content (AvgIpc) is 2.85. The monoisotopic (exact) mass is 604 g/mol. The molecule has 2 N–H and O–H groups in total. The first-order valence-electron chi connectivity index (χ1n) is 13.2. The van der Waals surface area contributed by atoms with E-state index in [0.717, 1.165) is 63.2 Å². The van der Waals surface area contributed by atoms with Crippen molar-refractivity contribution >= 4 is 23.4 Å². The summed E-state index contributed by atoms with van der Waals surface area (Å²) >= 11 is 1.38. The maximum absolute atomic E-state index is 13.1. The minimum absolute atomic E-state index is 0.132. The number of carbonyl (C=O) groups excluding carboxylic acids is 1. The lowest BCUT2D eigenvalue weighted by Crippen LogP contribution is -2.40. The normalized spacial score (nSPS) is 14.0. The molecule has 0 aliphatic heterocycles. The quantitative estimate of drug-likeness (QED) is 0.130. The van der Waals surface area contributed by atoms with E-state index < -0.39 is 47.3 Å². The SMILES string of the molecule is CC(O)(CCCCCCCCCCCSCCCC(F)(F)C(F)(F)F)C(=O)Nc1ccc(C#N)c(C(F)(F)F)c1. The first-order valence-corrected chi connectivity index (χ1v) is 14.3. The van der Waals surface area contributed by atoms with Crippen molar-refractivity contribution in [1.29, 1.82) is 5.26 Å². The van der Waals surface area contributed by atoms with Gasteiger partial charge in [0.15, 0.2) is 0 Å². The van der Waals surface area contributed by atoms with E-state index in [-0.39, 0.29) is 24.3 Å². The van der Waals surface area contributed by atoms with Gasteiger partial charge >= 0.3 is 18.3 Å². The van der Waals surface area contributed by atoms with Gasteiger partial charge in [-0.3, -0.25) is 4.79 Å². The molecule has 0 aromatic heterocycles. The van der Waals surface area contributed by atoms with E-state index in [1.54, 1.807) is 0 Å². The summed E-state index contributed by atoms with van der Waals surface area (Å²) in [4.78, 5) is 12.4. The van der Waals surface area contributed by atoms with Gasteiger partial charge in [0.1, 0.15) is 5.60 Å². The number of rotatable bonds is 18. The van der Waals surface area contributed by atoms with Crippen LogP contribution >= 0.6 is 11.8 Å². The lowest BCUT2D eigenvalue weighted by molar-refractivity contribution is -0.284. The lowest BCUT2D eigenvalue weighted by atomic mass is 9.96. The van der Waals surface area contributed by atoms with Crippen LogP contribution in [0, 0.1) is 11.3 Å². The molecule has 13 heteroatoms. The number of halogens is 8. The third-order valence-corrected chi connectivity index (χ3v) is 7.49. The summed E-state index contributed by atoms with van der Waals surface area (Å²) in [5, 5.41) is 21.6. The molecule has 4 nitrogen and oxygen atoms in total. The van der Waals surface area contributed by atoms with E-state index in [4.69, 9.17) is 5.26 Å². The molecule has 0 spiro atoms. The van der Waals surface area contributed by atoms with Gasteiger partial charge in [0, 0.05) is 12.1 Å². The molecule has 1 aromatic carbocycles. The van der Waals surface area contributed by atoms with Crippen molar-refractivity contribution in [2.75, 3.05) is 16.8 Å². The average molecular weight is 605 g/mol. The summed E-state index contributed by atoms with van der Waals surface area (Å²) < 4.78 is 101. The molecule has 1 aromatic rings. The fourth-order valence-corrected chi connectivity index (χ4v) is 4.84. The van der Waals surface area contributed by atoms with Crippen LogP contribution in [0.2, 0.25) is 0 Å². The standard InChI is InChI=1S/C27H36F8N2O2S/c1-24(39,23(38)37-21-13-12-20(19-36)22(18-21)26(30,31)32)14-9-7-5-3-2-4-6-8-10-16-40-17-11-15-25(28,29)27(33,34)35/h12-13,18,39H,2-11,14-17H2,1H3,(H,37,38). The van der Waals surface area contributed by atoms with Crippen LogP contribution in [0.3, 0.4) is 0 Å². The molecule has 0 saturated heterocycles. The number of benzene rings is 1. The maximum Gasteiger partial charge on any atom is 0.453 e. The highest BCUT2D eigenvalue weighted by Crippen LogP contribution is 2.39. The second kappa shape index (κ2) is 16.4. The number of unbranched alkanes of at least 4 members (excludes halogenated alkanes) is 8. The Hall–Kier alpha value is -2.07. The Labute approximate surface area is 233 Å². The predicted octanol–water partition coefficient (Wildman–Crippen LogP) is 8.88. The lowest BCUT2D eigenvalue weighted by Gasteiger charge is -2.22. The van der Waals surface area contributed by atoms with Gasteiger partial charge in [-0.1, -0.05) is 51.4 Å². The predicted molar refractivity (Wildman–Crippen MR) is 139 cm³/mol. The van der Waals surface area contributed by atoms with Gasteiger partial charge in [-0.15, -0.1) is 0 Å². The molecule has 1 unspecified atom stereocenters. The third kappa shape index (κ3) is 13.1. The zero-order valence-electron chi connectivity index (χ0n) is 22.4. The van der Waals surface area contributed by atoms with Crippen molar-refractivity contribution in [2.45, 2.75) is 108 Å². The number of hydrogen-bond donors (Lipinski definition) is 2. The Morgan fingerprint density at radius 3 is 1.90 bits per heavy atom. The molecule has 1 atom stereocenters. The Morgan fingerprint density at radius 1 is 0.850 bits per heavy atom. The summed E-state index contributed by atoms with van der Waals surface area (Å²) in [6.07, 6.45) is -3.50. The second-order valence-corrected chi connectivity index (χ2v) is 11.2. The number of carbonyl (C=O) groups is 1. The zero-order valence-corrected chi connectivity index (χ0v) is 23.2. The van der Waals surface area contributed by atoms with E-state index in [0.29, 0.717) is 12.5 Å². The molecule has 1 amide bonds. The van der Waals surface area contributed by atoms with Crippen molar-refractivity contribution in [3.05, 3.63) is 29.3 Å². The molecular weight excluding hydrogens is 568 g/mol. The minimum Gasteiger partial charge on any atom is -0.380 e. The molecule has 0 heterocycles. The number of anilines is 1. The van der Waals surface area contributed by atoms with Crippen molar-refractivity contribution in [3.63, 3.8) is 0 Å². The van der Waals surface area contributed by atoms with Crippen LogP contribution in [-0.2, 0) is 11.0 Å². The van der Waals surface area contributed by atoms with Gasteiger partial charge < -0.3 is 10.4 Å². The number of nitrogens with zero attached hydrogens (tertiary/aromatic N) is 1. The van der Waals surface area contributed by atoms with Crippen LogP contribution in [0.5, 0.6) is 0 Å². The zero-order chi connectivity index (χ0) is 30.5. The van der Waals surface area contributed by atoms with Gasteiger partial charge in [0.25, 0.3) is 5.91 Å². The number of aliphatic hydroxyl groups is 1.